The Bertz CT molecular complexity index is 612. The van der Waals surface area contributed by atoms with Crippen LogP contribution in [0.2, 0.25) is 0 Å². The lowest BCUT2D eigenvalue weighted by Crippen LogP contribution is -2.26. The highest BCUT2D eigenvalue weighted by Gasteiger charge is 2.07. The van der Waals surface area contributed by atoms with E-state index < -0.39 is 5.97 Å². The number of nitrogens with zero attached hydrogens (tertiary/aromatic N) is 2. The maximum atomic E-state index is 13.2. The molecule has 21 heavy (non-hydrogen) atoms. The second-order valence-corrected chi connectivity index (χ2v) is 5.02. The van der Waals surface area contributed by atoms with Crippen LogP contribution in [-0.2, 0) is 11.2 Å². The SMILES string of the molecule is CN(CCCc1cc(-c2cccc(F)c2)n[nH]1)CC(=O)O. The smallest absolute Gasteiger partial charge is 0.317 e. The number of carboxylic acid groups (broad SMARTS) is 1. The van der Waals surface area contributed by atoms with Crippen molar-refractivity contribution in [3.05, 3.63) is 41.8 Å². The van der Waals surface area contributed by atoms with Crippen molar-refractivity contribution in [2.24, 2.45) is 0 Å². The molecule has 0 unspecified atom stereocenters. The molecule has 0 fully saturated rings. The van der Waals surface area contributed by atoms with Gasteiger partial charge in [0.15, 0.2) is 0 Å². The summed E-state index contributed by atoms with van der Waals surface area (Å²) in [4.78, 5) is 12.3. The van der Waals surface area contributed by atoms with E-state index in [9.17, 15) is 9.18 Å². The van der Waals surface area contributed by atoms with Crippen molar-refractivity contribution in [3.63, 3.8) is 0 Å². The molecule has 2 aromatic rings. The highest BCUT2D eigenvalue weighted by molar-refractivity contribution is 5.69. The zero-order chi connectivity index (χ0) is 15.2. The van der Waals surface area contributed by atoms with Crippen LogP contribution < -0.4 is 0 Å². The van der Waals surface area contributed by atoms with Crippen LogP contribution in [0.4, 0.5) is 4.39 Å². The third-order valence-corrected chi connectivity index (χ3v) is 3.14. The Hall–Kier alpha value is -2.21. The van der Waals surface area contributed by atoms with Gasteiger partial charge in [-0.3, -0.25) is 14.8 Å². The van der Waals surface area contributed by atoms with Crippen molar-refractivity contribution >= 4 is 5.97 Å². The molecule has 0 aliphatic carbocycles. The number of carbonyl (C=O) groups is 1. The zero-order valence-electron chi connectivity index (χ0n) is 11.8. The van der Waals surface area contributed by atoms with Crippen LogP contribution in [0, 0.1) is 5.82 Å². The minimum atomic E-state index is -0.826. The normalized spacial score (nSPS) is 11.0. The van der Waals surface area contributed by atoms with Gasteiger partial charge in [0.25, 0.3) is 0 Å². The molecule has 0 saturated heterocycles. The molecule has 1 heterocycles. The molecule has 1 aromatic heterocycles. The second kappa shape index (κ2) is 6.99. The van der Waals surface area contributed by atoms with Gasteiger partial charge < -0.3 is 5.11 Å². The molecule has 112 valence electrons. The van der Waals surface area contributed by atoms with E-state index >= 15 is 0 Å². The summed E-state index contributed by atoms with van der Waals surface area (Å²) in [6, 6.07) is 8.20. The number of aromatic nitrogens is 2. The first-order chi connectivity index (χ1) is 10.0. The number of hydrogen-bond acceptors (Lipinski definition) is 3. The fourth-order valence-electron chi connectivity index (χ4n) is 2.13. The van der Waals surface area contributed by atoms with E-state index in [1.807, 2.05) is 12.1 Å². The number of likely N-dealkylation sites (N-methyl/N-ethyl adjacent to an activating group) is 1. The number of hydrogen-bond donors (Lipinski definition) is 2. The van der Waals surface area contributed by atoms with E-state index in [-0.39, 0.29) is 12.4 Å². The highest BCUT2D eigenvalue weighted by atomic mass is 19.1. The Morgan fingerprint density at radius 1 is 1.43 bits per heavy atom. The molecule has 0 radical (unpaired) electrons. The summed E-state index contributed by atoms with van der Waals surface area (Å²) in [7, 11) is 1.78. The van der Waals surface area contributed by atoms with Gasteiger partial charge >= 0.3 is 5.97 Å². The quantitative estimate of drug-likeness (QED) is 0.820. The summed E-state index contributed by atoms with van der Waals surface area (Å²) in [5.74, 6) is -1.11. The first-order valence-corrected chi connectivity index (χ1v) is 6.75. The van der Waals surface area contributed by atoms with Crippen LogP contribution >= 0.6 is 0 Å². The lowest BCUT2D eigenvalue weighted by atomic mass is 10.1. The van der Waals surface area contributed by atoms with Crippen LogP contribution in [0.3, 0.4) is 0 Å². The Balaban J connectivity index is 1.87. The van der Waals surface area contributed by atoms with Gasteiger partial charge in [0, 0.05) is 11.3 Å². The third kappa shape index (κ3) is 4.68. The summed E-state index contributed by atoms with van der Waals surface area (Å²) in [5.41, 5.74) is 2.40. The lowest BCUT2D eigenvalue weighted by Gasteiger charge is -2.12. The molecule has 6 heteroatoms. The molecule has 0 saturated carbocycles. The predicted octanol–water partition coefficient (Wildman–Crippen LogP) is 2.16. The van der Waals surface area contributed by atoms with Gasteiger partial charge in [0.05, 0.1) is 12.2 Å². The largest absolute Gasteiger partial charge is 0.480 e. The minimum Gasteiger partial charge on any atom is -0.480 e. The highest BCUT2D eigenvalue weighted by Crippen LogP contribution is 2.19. The molecule has 0 atom stereocenters. The zero-order valence-corrected chi connectivity index (χ0v) is 11.8. The molecule has 2 rings (SSSR count). The number of nitrogens with one attached hydrogen (secondary N) is 1. The molecule has 0 bridgehead atoms. The Morgan fingerprint density at radius 2 is 2.24 bits per heavy atom. The molecule has 0 aliphatic heterocycles. The van der Waals surface area contributed by atoms with Crippen molar-refractivity contribution in [1.82, 2.24) is 15.1 Å². The average Bonchev–Trinajstić information content (AvgIpc) is 2.86. The van der Waals surface area contributed by atoms with E-state index in [2.05, 4.69) is 10.2 Å². The minimum absolute atomic E-state index is 0.0392. The van der Waals surface area contributed by atoms with Gasteiger partial charge in [-0.1, -0.05) is 12.1 Å². The van der Waals surface area contributed by atoms with Crippen molar-refractivity contribution < 1.29 is 14.3 Å². The summed E-state index contributed by atoms with van der Waals surface area (Å²) >= 11 is 0. The molecule has 2 N–H and O–H groups in total. The van der Waals surface area contributed by atoms with Crippen molar-refractivity contribution in [2.75, 3.05) is 20.1 Å². The Morgan fingerprint density at radius 3 is 2.95 bits per heavy atom. The number of aliphatic carboxylic acids is 1. The molecular weight excluding hydrogens is 273 g/mol. The van der Waals surface area contributed by atoms with Gasteiger partial charge in [0.2, 0.25) is 0 Å². The number of aromatic amines is 1. The van der Waals surface area contributed by atoms with Crippen LogP contribution in [0.5, 0.6) is 0 Å². The topological polar surface area (TPSA) is 69.2 Å². The number of halogens is 1. The standard InChI is InChI=1S/C15H18FN3O2/c1-19(10-15(20)21)7-3-6-13-9-14(18-17-13)11-4-2-5-12(16)8-11/h2,4-5,8-9H,3,6-7,10H2,1H3,(H,17,18)(H,20,21). The first-order valence-electron chi connectivity index (χ1n) is 6.75. The van der Waals surface area contributed by atoms with E-state index in [0.29, 0.717) is 12.2 Å². The van der Waals surface area contributed by atoms with Crippen LogP contribution in [0.25, 0.3) is 11.3 Å². The third-order valence-electron chi connectivity index (χ3n) is 3.14. The van der Waals surface area contributed by atoms with E-state index in [0.717, 1.165) is 24.1 Å². The lowest BCUT2D eigenvalue weighted by molar-refractivity contribution is -0.137. The van der Waals surface area contributed by atoms with Gasteiger partial charge in [-0.2, -0.15) is 5.10 Å². The number of rotatable bonds is 7. The maximum Gasteiger partial charge on any atom is 0.317 e. The summed E-state index contributed by atoms with van der Waals surface area (Å²) < 4.78 is 13.2. The molecule has 0 aliphatic rings. The maximum absolute atomic E-state index is 13.2. The monoisotopic (exact) mass is 291 g/mol. The number of carboxylic acids is 1. The fraction of sp³-hybridized carbons (Fsp3) is 0.333. The molecule has 5 nitrogen and oxygen atoms in total. The van der Waals surface area contributed by atoms with Crippen molar-refractivity contribution in [1.29, 1.82) is 0 Å². The van der Waals surface area contributed by atoms with Crippen LogP contribution in [0.15, 0.2) is 30.3 Å². The molecule has 1 aromatic carbocycles. The summed E-state index contributed by atoms with van der Waals surface area (Å²) in [6.07, 6.45) is 1.60. The van der Waals surface area contributed by atoms with E-state index in [4.69, 9.17) is 5.11 Å². The van der Waals surface area contributed by atoms with Crippen LogP contribution in [-0.4, -0.2) is 46.3 Å². The fourth-order valence-corrected chi connectivity index (χ4v) is 2.13. The second-order valence-electron chi connectivity index (χ2n) is 5.02. The number of benzene rings is 1. The van der Waals surface area contributed by atoms with E-state index in [1.54, 1.807) is 18.0 Å². The van der Waals surface area contributed by atoms with Gasteiger partial charge in [-0.25, -0.2) is 4.39 Å². The van der Waals surface area contributed by atoms with E-state index in [1.165, 1.54) is 12.1 Å². The average molecular weight is 291 g/mol. The summed E-state index contributed by atoms with van der Waals surface area (Å²) in [6.45, 7) is 0.734. The number of H-pyrrole nitrogens is 1. The van der Waals surface area contributed by atoms with Crippen molar-refractivity contribution in [3.8, 4) is 11.3 Å². The van der Waals surface area contributed by atoms with Crippen molar-refractivity contribution in [2.45, 2.75) is 12.8 Å². The molecule has 0 amide bonds. The Labute approximate surface area is 122 Å². The molecule has 0 spiro atoms. The summed E-state index contributed by atoms with van der Waals surface area (Å²) in [5, 5.41) is 15.8. The van der Waals surface area contributed by atoms with Gasteiger partial charge in [-0.15, -0.1) is 0 Å². The Kier molecular flexibility index (Phi) is 5.05. The van der Waals surface area contributed by atoms with Gasteiger partial charge in [0.1, 0.15) is 5.82 Å². The number of aryl methyl sites for hydroxylation is 1. The van der Waals surface area contributed by atoms with Gasteiger partial charge in [-0.05, 0) is 44.6 Å². The first kappa shape index (κ1) is 15.2. The molecular formula is C15H18FN3O2. The predicted molar refractivity (Wildman–Crippen MR) is 77.4 cm³/mol. The van der Waals surface area contributed by atoms with Crippen LogP contribution in [0.1, 0.15) is 12.1 Å².